The number of nitrogens with one attached hydrogen (secondary N) is 3. The molecule has 4 unspecified atom stereocenters. The molecule has 4 heterocycles. The van der Waals surface area contributed by atoms with Gasteiger partial charge in [-0.3, -0.25) is 24.8 Å². The number of likely N-dealkylation sites (tertiary alicyclic amines) is 1. The Morgan fingerprint density at radius 2 is 2.09 bits per heavy atom. The summed E-state index contributed by atoms with van der Waals surface area (Å²) in [6, 6.07) is 14.2. The van der Waals surface area contributed by atoms with Crippen LogP contribution in [0.4, 0.5) is 0 Å². The number of pyridine rings is 1. The number of piperidine rings is 1. The van der Waals surface area contributed by atoms with Gasteiger partial charge < -0.3 is 10.6 Å². The Bertz CT molecular complexity index is 1060. The van der Waals surface area contributed by atoms with Crippen molar-refractivity contribution < 1.29 is 9.59 Å². The van der Waals surface area contributed by atoms with Crippen LogP contribution in [-0.2, 0) is 16.0 Å². The van der Waals surface area contributed by atoms with Crippen LogP contribution in [-0.4, -0.2) is 58.9 Å². The lowest BCUT2D eigenvalue weighted by Crippen LogP contribution is -2.69. The highest BCUT2D eigenvalue weighted by molar-refractivity contribution is 8.04. The van der Waals surface area contributed by atoms with Gasteiger partial charge in [0.15, 0.2) is 0 Å². The van der Waals surface area contributed by atoms with E-state index in [1.165, 1.54) is 5.56 Å². The number of nitrogens with zero attached hydrogens (tertiary/aromatic N) is 2. The molecule has 4 atom stereocenters. The van der Waals surface area contributed by atoms with Gasteiger partial charge in [0, 0.05) is 37.9 Å². The van der Waals surface area contributed by atoms with E-state index < -0.39 is 0 Å². The third-order valence-corrected chi connectivity index (χ3v) is 8.00. The predicted molar refractivity (Wildman–Crippen MR) is 135 cm³/mol. The van der Waals surface area contributed by atoms with Gasteiger partial charge in [-0.15, -0.1) is 11.8 Å². The number of thioether (sulfide) groups is 1. The molecular formula is C26H31N5O2S. The highest BCUT2D eigenvalue weighted by Crippen LogP contribution is 2.38. The van der Waals surface area contributed by atoms with Crippen molar-refractivity contribution in [3.05, 3.63) is 70.9 Å². The van der Waals surface area contributed by atoms with E-state index in [9.17, 15) is 9.59 Å². The fraction of sp³-hybridized carbons (Fsp3) is 0.423. The monoisotopic (exact) mass is 477 g/mol. The van der Waals surface area contributed by atoms with E-state index in [1.54, 1.807) is 18.0 Å². The Kier molecular flexibility index (Phi) is 6.99. The van der Waals surface area contributed by atoms with Gasteiger partial charge in [0.1, 0.15) is 11.5 Å². The van der Waals surface area contributed by atoms with E-state index in [0.29, 0.717) is 13.1 Å². The summed E-state index contributed by atoms with van der Waals surface area (Å²) in [7, 11) is 0. The summed E-state index contributed by atoms with van der Waals surface area (Å²) in [5.41, 5.74) is 4.51. The number of carbonyl (C=O) groups is 2. The zero-order valence-electron chi connectivity index (χ0n) is 19.4. The van der Waals surface area contributed by atoms with Crippen LogP contribution in [0.25, 0.3) is 5.57 Å². The number of aromatic nitrogens is 1. The van der Waals surface area contributed by atoms with Gasteiger partial charge in [-0.1, -0.05) is 35.9 Å². The van der Waals surface area contributed by atoms with Crippen LogP contribution in [0.1, 0.15) is 29.7 Å². The number of fused-ring (bicyclic) bond motifs is 1. The first-order valence-corrected chi connectivity index (χ1v) is 12.9. The van der Waals surface area contributed by atoms with Crippen LogP contribution in [0.3, 0.4) is 0 Å². The normalized spacial score (nSPS) is 27.0. The first-order chi connectivity index (χ1) is 16.6. The summed E-state index contributed by atoms with van der Waals surface area (Å²) in [5, 5.41) is 11.8. The number of amides is 2. The molecule has 2 aromatic rings. The lowest BCUT2D eigenvalue weighted by Gasteiger charge is -2.43. The van der Waals surface area contributed by atoms with Crippen molar-refractivity contribution in [1.82, 2.24) is 25.8 Å². The SMILES string of the molecule is Cc1ccc(C2=CSC3C(=O)NC(N4CCCC(C(=O)NCCc5ccccn5)C4)NC23)cc1. The summed E-state index contributed by atoms with van der Waals surface area (Å²) in [5.74, 6) is 0.0512. The summed E-state index contributed by atoms with van der Waals surface area (Å²) in [6.07, 6.45) is 4.01. The third-order valence-electron chi connectivity index (χ3n) is 6.83. The fourth-order valence-corrected chi connectivity index (χ4v) is 6.08. The van der Waals surface area contributed by atoms with Crippen molar-refractivity contribution in [2.45, 2.75) is 43.8 Å². The second kappa shape index (κ2) is 10.3. The second-order valence-electron chi connectivity index (χ2n) is 9.25. The maximum absolute atomic E-state index is 12.9. The number of benzene rings is 1. The molecule has 178 valence electrons. The van der Waals surface area contributed by atoms with Crippen molar-refractivity contribution >= 4 is 29.1 Å². The lowest BCUT2D eigenvalue weighted by molar-refractivity contribution is -0.129. The van der Waals surface area contributed by atoms with Gasteiger partial charge in [-0.05, 0) is 48.4 Å². The van der Waals surface area contributed by atoms with Crippen molar-refractivity contribution in [2.75, 3.05) is 19.6 Å². The second-order valence-corrected chi connectivity index (χ2v) is 10.3. The van der Waals surface area contributed by atoms with Crippen molar-refractivity contribution in [2.24, 2.45) is 5.92 Å². The summed E-state index contributed by atoms with van der Waals surface area (Å²) >= 11 is 1.58. The van der Waals surface area contributed by atoms with E-state index in [1.807, 2.05) is 18.2 Å². The zero-order valence-corrected chi connectivity index (χ0v) is 20.2. The molecule has 2 amide bonds. The quantitative estimate of drug-likeness (QED) is 0.592. The lowest BCUT2D eigenvalue weighted by atomic mass is 9.94. The summed E-state index contributed by atoms with van der Waals surface area (Å²) < 4.78 is 0. The van der Waals surface area contributed by atoms with E-state index in [-0.39, 0.29) is 35.3 Å². The highest BCUT2D eigenvalue weighted by atomic mass is 32.2. The van der Waals surface area contributed by atoms with Gasteiger partial charge in [-0.2, -0.15) is 0 Å². The minimum absolute atomic E-state index is 0.0426. The molecule has 1 aromatic heterocycles. The van der Waals surface area contributed by atoms with Crippen LogP contribution in [0, 0.1) is 12.8 Å². The topological polar surface area (TPSA) is 86.4 Å². The smallest absolute Gasteiger partial charge is 0.237 e. The maximum atomic E-state index is 12.9. The van der Waals surface area contributed by atoms with Crippen LogP contribution < -0.4 is 16.0 Å². The molecular weight excluding hydrogens is 446 g/mol. The Hall–Kier alpha value is -2.68. The van der Waals surface area contributed by atoms with Crippen LogP contribution in [0.15, 0.2) is 54.1 Å². The molecule has 3 N–H and O–H groups in total. The molecule has 34 heavy (non-hydrogen) atoms. The van der Waals surface area contributed by atoms with E-state index in [0.717, 1.165) is 42.6 Å². The van der Waals surface area contributed by atoms with Gasteiger partial charge in [0.25, 0.3) is 0 Å². The van der Waals surface area contributed by atoms with Crippen LogP contribution in [0.2, 0.25) is 0 Å². The van der Waals surface area contributed by atoms with Gasteiger partial charge in [0.2, 0.25) is 11.8 Å². The highest BCUT2D eigenvalue weighted by Gasteiger charge is 2.44. The molecule has 0 radical (unpaired) electrons. The summed E-state index contributed by atoms with van der Waals surface area (Å²) in [4.78, 5) is 32.3. The molecule has 5 rings (SSSR count). The minimum Gasteiger partial charge on any atom is -0.355 e. The van der Waals surface area contributed by atoms with Crippen molar-refractivity contribution in [1.29, 1.82) is 0 Å². The Morgan fingerprint density at radius 3 is 2.88 bits per heavy atom. The third kappa shape index (κ3) is 5.04. The van der Waals surface area contributed by atoms with Gasteiger partial charge >= 0.3 is 0 Å². The average Bonchev–Trinajstić information content (AvgIpc) is 3.30. The molecule has 8 heteroatoms. The first kappa shape index (κ1) is 23.1. The number of hydrogen-bond acceptors (Lipinski definition) is 6. The Labute approximate surface area is 204 Å². The number of hydrogen-bond donors (Lipinski definition) is 3. The summed E-state index contributed by atoms with van der Waals surface area (Å²) in [6.45, 7) is 4.13. The Balaban J connectivity index is 1.19. The molecule has 7 nitrogen and oxygen atoms in total. The number of rotatable bonds is 6. The van der Waals surface area contributed by atoms with Crippen LogP contribution >= 0.6 is 11.8 Å². The molecule has 2 fully saturated rings. The molecule has 0 saturated carbocycles. The molecule has 1 aromatic carbocycles. The zero-order chi connectivity index (χ0) is 23.5. The Morgan fingerprint density at radius 1 is 1.24 bits per heavy atom. The molecule has 2 saturated heterocycles. The van der Waals surface area contributed by atoms with E-state index >= 15 is 0 Å². The standard InChI is InChI=1S/C26H31N5O2S/c1-17-7-9-18(10-8-17)21-16-34-23-22(21)29-26(30-25(23)33)31-14-4-5-19(15-31)24(32)28-13-11-20-6-2-3-12-27-20/h2-3,6-10,12,16,19,22-23,26,29H,4-5,11,13-15H2,1H3,(H,28,32)(H,30,33). The molecule has 3 aliphatic heterocycles. The van der Waals surface area contributed by atoms with Gasteiger partial charge in [0.05, 0.1) is 12.0 Å². The average molecular weight is 478 g/mol. The fourth-order valence-electron chi connectivity index (χ4n) is 4.93. The largest absolute Gasteiger partial charge is 0.355 e. The van der Waals surface area contributed by atoms with Crippen LogP contribution in [0.5, 0.6) is 0 Å². The van der Waals surface area contributed by atoms with Crippen molar-refractivity contribution in [3.63, 3.8) is 0 Å². The van der Waals surface area contributed by atoms with E-state index in [2.05, 4.69) is 62.4 Å². The predicted octanol–water partition coefficient (Wildman–Crippen LogP) is 2.29. The number of carbonyl (C=O) groups excluding carboxylic acids is 2. The first-order valence-electron chi connectivity index (χ1n) is 12.0. The molecule has 0 aliphatic carbocycles. The van der Waals surface area contributed by atoms with Crippen molar-refractivity contribution in [3.8, 4) is 0 Å². The molecule has 3 aliphatic rings. The molecule has 0 bridgehead atoms. The van der Waals surface area contributed by atoms with Gasteiger partial charge in [-0.25, -0.2) is 0 Å². The van der Waals surface area contributed by atoms with E-state index in [4.69, 9.17) is 0 Å². The molecule has 0 spiro atoms. The number of aryl methyl sites for hydroxylation is 1. The maximum Gasteiger partial charge on any atom is 0.237 e. The minimum atomic E-state index is -0.273.